The van der Waals surface area contributed by atoms with Crippen molar-refractivity contribution in [1.82, 2.24) is 0 Å². The number of unbranched alkanes of at least 4 members (excludes halogenated alkanes) is 2. The second kappa shape index (κ2) is 7.29. The van der Waals surface area contributed by atoms with Crippen LogP contribution in [-0.4, -0.2) is 40.2 Å². The zero-order valence-electron chi connectivity index (χ0n) is 8.16. The Hall–Kier alpha value is -0.130. The normalized spacial score (nSPS) is 11.8. The smallest absolute Gasteiger partial charge is 0.152 e. The van der Waals surface area contributed by atoms with Gasteiger partial charge in [0.1, 0.15) is 0 Å². The largest absolute Gasteiger partial charge is 0.384 e. The number of hydrogen-bond acceptors (Lipinski definition) is 4. The van der Waals surface area contributed by atoms with Gasteiger partial charge < -0.3 is 10.5 Å². The Bertz CT molecular complexity index is 201. The molecule has 0 spiro atoms. The van der Waals surface area contributed by atoms with Crippen molar-refractivity contribution in [2.75, 3.05) is 31.8 Å². The molecule has 0 saturated heterocycles. The Labute approximate surface area is 80.4 Å². The van der Waals surface area contributed by atoms with Crippen LogP contribution < -0.4 is 5.73 Å². The molecule has 0 bridgehead atoms. The van der Waals surface area contributed by atoms with Gasteiger partial charge in [-0.3, -0.25) is 0 Å². The molecule has 0 aromatic carbocycles. The minimum Gasteiger partial charge on any atom is -0.384 e. The maximum atomic E-state index is 11.2. The molecule has 0 fully saturated rings. The molecule has 0 radical (unpaired) electrons. The monoisotopic (exact) mass is 209 g/mol. The van der Waals surface area contributed by atoms with Gasteiger partial charge >= 0.3 is 0 Å². The zero-order chi connectivity index (χ0) is 10.2. The van der Waals surface area contributed by atoms with Gasteiger partial charge in [-0.25, -0.2) is 8.42 Å². The van der Waals surface area contributed by atoms with Crippen molar-refractivity contribution in [1.29, 1.82) is 0 Å². The quantitative estimate of drug-likeness (QED) is 0.579. The first-order valence-corrected chi connectivity index (χ1v) is 6.34. The van der Waals surface area contributed by atoms with Gasteiger partial charge in [-0.1, -0.05) is 6.42 Å². The maximum absolute atomic E-state index is 11.2. The summed E-state index contributed by atoms with van der Waals surface area (Å²) in [5.74, 6) is 0.391. The highest BCUT2D eigenvalue weighted by Crippen LogP contribution is 1.99. The van der Waals surface area contributed by atoms with Crippen molar-refractivity contribution in [3.8, 4) is 0 Å². The molecule has 0 heterocycles. The van der Waals surface area contributed by atoms with Crippen molar-refractivity contribution in [3.05, 3.63) is 0 Å². The van der Waals surface area contributed by atoms with Gasteiger partial charge in [0.2, 0.25) is 0 Å². The molecule has 2 N–H and O–H groups in total. The third-order valence-corrected chi connectivity index (χ3v) is 3.46. The predicted molar refractivity (Wildman–Crippen MR) is 53.4 cm³/mol. The van der Waals surface area contributed by atoms with Crippen LogP contribution in [-0.2, 0) is 14.6 Å². The first-order chi connectivity index (χ1) is 6.12. The summed E-state index contributed by atoms with van der Waals surface area (Å²) in [6.45, 7) is 0.928. The van der Waals surface area contributed by atoms with E-state index in [0.29, 0.717) is 19.6 Å². The van der Waals surface area contributed by atoms with Gasteiger partial charge in [0.15, 0.2) is 9.84 Å². The van der Waals surface area contributed by atoms with Crippen LogP contribution in [0.15, 0.2) is 0 Å². The van der Waals surface area contributed by atoms with Gasteiger partial charge in [0.05, 0.1) is 18.1 Å². The Balaban J connectivity index is 3.52. The van der Waals surface area contributed by atoms with Crippen molar-refractivity contribution >= 4 is 9.84 Å². The molecule has 4 nitrogen and oxygen atoms in total. The molecule has 0 saturated carbocycles. The van der Waals surface area contributed by atoms with E-state index >= 15 is 0 Å². The fourth-order valence-electron chi connectivity index (χ4n) is 0.955. The lowest BCUT2D eigenvalue weighted by Gasteiger charge is -2.02. The van der Waals surface area contributed by atoms with E-state index in [1.807, 2.05) is 0 Å². The molecule has 0 aromatic rings. The van der Waals surface area contributed by atoms with Crippen molar-refractivity contribution in [2.45, 2.75) is 19.3 Å². The Kier molecular flexibility index (Phi) is 7.22. The van der Waals surface area contributed by atoms with E-state index in [-0.39, 0.29) is 11.5 Å². The standard InChI is InChI=1S/C8H19NO3S/c1-12-6-8-13(10,11)7-4-2-3-5-9/h2-9H2,1H3. The highest BCUT2D eigenvalue weighted by Gasteiger charge is 2.08. The van der Waals surface area contributed by atoms with E-state index in [0.717, 1.165) is 12.8 Å². The molecule has 0 unspecified atom stereocenters. The number of hydrogen-bond donors (Lipinski definition) is 1. The SMILES string of the molecule is COCCS(=O)(=O)CCCCCN. The van der Waals surface area contributed by atoms with Gasteiger partial charge in [-0.05, 0) is 19.4 Å². The summed E-state index contributed by atoms with van der Waals surface area (Å²) in [7, 11) is -1.39. The highest BCUT2D eigenvalue weighted by molar-refractivity contribution is 7.91. The number of rotatable bonds is 8. The third kappa shape index (κ3) is 8.21. The van der Waals surface area contributed by atoms with Crippen LogP contribution in [0.5, 0.6) is 0 Å². The molecule has 0 rings (SSSR count). The summed E-state index contributed by atoms with van der Waals surface area (Å²) in [6, 6.07) is 0. The van der Waals surface area contributed by atoms with E-state index in [2.05, 4.69) is 0 Å². The predicted octanol–water partition coefficient (Wildman–Crippen LogP) is 0.177. The molecule has 0 aliphatic carbocycles. The first kappa shape index (κ1) is 12.9. The summed E-state index contributed by atoms with van der Waals surface area (Å²) >= 11 is 0. The molecule has 80 valence electrons. The molecule has 13 heavy (non-hydrogen) atoms. The molecular weight excluding hydrogens is 190 g/mol. The Morgan fingerprint density at radius 3 is 2.38 bits per heavy atom. The molecule has 0 atom stereocenters. The number of methoxy groups -OCH3 is 1. The molecule has 5 heteroatoms. The summed E-state index contributed by atoms with van der Waals surface area (Å²) in [4.78, 5) is 0. The number of nitrogens with two attached hydrogens (primary N) is 1. The fourth-order valence-corrected chi connectivity index (χ4v) is 2.22. The second-order valence-corrected chi connectivity index (χ2v) is 5.30. The molecule has 0 aliphatic heterocycles. The van der Waals surface area contributed by atoms with Crippen LogP contribution in [0, 0.1) is 0 Å². The van der Waals surface area contributed by atoms with Gasteiger partial charge in [-0.15, -0.1) is 0 Å². The Morgan fingerprint density at radius 2 is 1.85 bits per heavy atom. The lowest BCUT2D eigenvalue weighted by atomic mass is 10.2. The van der Waals surface area contributed by atoms with E-state index in [1.165, 1.54) is 7.11 Å². The minimum absolute atomic E-state index is 0.131. The molecule has 0 aromatic heterocycles. The number of sulfone groups is 1. The summed E-state index contributed by atoms with van der Waals surface area (Å²) in [6.07, 6.45) is 2.51. The summed E-state index contributed by atoms with van der Waals surface area (Å²) < 4.78 is 27.2. The molecule has 0 amide bonds. The fraction of sp³-hybridized carbons (Fsp3) is 1.00. The lowest BCUT2D eigenvalue weighted by Crippen LogP contribution is -2.15. The lowest BCUT2D eigenvalue weighted by molar-refractivity contribution is 0.217. The highest BCUT2D eigenvalue weighted by atomic mass is 32.2. The van der Waals surface area contributed by atoms with Gasteiger partial charge in [0, 0.05) is 7.11 Å². The molecular formula is C8H19NO3S. The van der Waals surface area contributed by atoms with Crippen LogP contribution in [0.25, 0.3) is 0 Å². The molecule has 0 aliphatic rings. The number of ether oxygens (including phenoxy) is 1. The van der Waals surface area contributed by atoms with Crippen LogP contribution in [0.4, 0.5) is 0 Å². The minimum atomic E-state index is -2.89. The Morgan fingerprint density at radius 1 is 1.15 bits per heavy atom. The van der Waals surface area contributed by atoms with E-state index < -0.39 is 9.84 Å². The zero-order valence-corrected chi connectivity index (χ0v) is 8.98. The summed E-state index contributed by atoms with van der Waals surface area (Å²) in [5.41, 5.74) is 5.29. The van der Waals surface area contributed by atoms with Crippen molar-refractivity contribution in [3.63, 3.8) is 0 Å². The van der Waals surface area contributed by atoms with E-state index in [4.69, 9.17) is 10.5 Å². The topological polar surface area (TPSA) is 69.4 Å². The maximum Gasteiger partial charge on any atom is 0.152 e. The average molecular weight is 209 g/mol. The van der Waals surface area contributed by atoms with Crippen LogP contribution in [0.1, 0.15) is 19.3 Å². The summed E-state index contributed by atoms with van der Waals surface area (Å²) in [5, 5.41) is 0. The van der Waals surface area contributed by atoms with Crippen LogP contribution in [0.2, 0.25) is 0 Å². The van der Waals surface area contributed by atoms with E-state index in [1.54, 1.807) is 0 Å². The average Bonchev–Trinajstić information content (AvgIpc) is 2.09. The van der Waals surface area contributed by atoms with Gasteiger partial charge in [-0.2, -0.15) is 0 Å². The van der Waals surface area contributed by atoms with Crippen LogP contribution >= 0.6 is 0 Å². The third-order valence-electron chi connectivity index (χ3n) is 1.76. The second-order valence-electron chi connectivity index (χ2n) is 2.99. The van der Waals surface area contributed by atoms with Gasteiger partial charge in [0.25, 0.3) is 0 Å². The van der Waals surface area contributed by atoms with Crippen LogP contribution in [0.3, 0.4) is 0 Å². The van der Waals surface area contributed by atoms with Crippen molar-refractivity contribution < 1.29 is 13.2 Å². The first-order valence-electron chi connectivity index (χ1n) is 4.52. The van der Waals surface area contributed by atoms with Crippen molar-refractivity contribution in [2.24, 2.45) is 5.73 Å². The van der Waals surface area contributed by atoms with E-state index in [9.17, 15) is 8.42 Å².